The molecule has 0 unspecified atom stereocenters. The van der Waals surface area contributed by atoms with Gasteiger partial charge >= 0.3 is 6.03 Å². The molecule has 0 saturated carbocycles. The van der Waals surface area contributed by atoms with Crippen LogP contribution in [-0.2, 0) is 6.54 Å². The van der Waals surface area contributed by atoms with Gasteiger partial charge in [-0.1, -0.05) is 41.7 Å². The zero-order valence-electron chi connectivity index (χ0n) is 16.0. The van der Waals surface area contributed by atoms with E-state index in [2.05, 4.69) is 20.8 Å². The Balaban J connectivity index is 1.39. The number of halogens is 1. The molecule has 30 heavy (non-hydrogen) atoms. The number of nitrogens with zero attached hydrogens (tertiary/aromatic N) is 3. The lowest BCUT2D eigenvalue weighted by Gasteiger charge is -2.23. The summed E-state index contributed by atoms with van der Waals surface area (Å²) < 4.78 is 13.0. The van der Waals surface area contributed by atoms with Crippen LogP contribution in [0.15, 0.2) is 54.6 Å². The number of rotatable bonds is 5. The van der Waals surface area contributed by atoms with Crippen molar-refractivity contribution in [1.82, 2.24) is 20.4 Å². The number of benzene rings is 2. The first-order chi connectivity index (χ1) is 14.6. The highest BCUT2D eigenvalue weighted by Crippen LogP contribution is 2.33. The summed E-state index contributed by atoms with van der Waals surface area (Å²) in [6.07, 6.45) is 1.63. The minimum atomic E-state index is -0.413. The minimum absolute atomic E-state index is 0.158. The van der Waals surface area contributed by atoms with Gasteiger partial charge in [-0.2, -0.15) is 0 Å². The molecule has 3 aromatic rings. The molecule has 1 aliphatic heterocycles. The maximum Gasteiger partial charge on any atom is 0.318 e. The second kappa shape index (κ2) is 9.00. The van der Waals surface area contributed by atoms with E-state index in [9.17, 15) is 14.0 Å². The molecule has 2 heterocycles. The van der Waals surface area contributed by atoms with Gasteiger partial charge < -0.3 is 15.5 Å². The Morgan fingerprint density at radius 3 is 2.63 bits per heavy atom. The highest BCUT2D eigenvalue weighted by molar-refractivity contribution is 7.13. The molecule has 4 rings (SSSR count). The number of hydrogen-bond donors (Lipinski definition) is 2. The summed E-state index contributed by atoms with van der Waals surface area (Å²) in [6.45, 7) is 1.08. The van der Waals surface area contributed by atoms with Gasteiger partial charge in [-0.15, -0.1) is 10.2 Å². The number of likely N-dealkylation sites (tertiary alicyclic amines) is 1. The van der Waals surface area contributed by atoms with Crippen molar-refractivity contribution in [1.29, 1.82) is 0 Å². The van der Waals surface area contributed by atoms with Crippen LogP contribution in [0.5, 0.6) is 0 Å². The van der Waals surface area contributed by atoms with Gasteiger partial charge in [0.2, 0.25) is 5.01 Å². The van der Waals surface area contributed by atoms with Crippen molar-refractivity contribution >= 4 is 29.0 Å². The van der Waals surface area contributed by atoms with Crippen LogP contribution in [0.2, 0.25) is 0 Å². The van der Waals surface area contributed by atoms with E-state index < -0.39 is 5.91 Å². The van der Waals surface area contributed by atoms with E-state index in [1.165, 1.54) is 35.6 Å². The average Bonchev–Trinajstić information content (AvgIpc) is 3.44. The quantitative estimate of drug-likeness (QED) is 0.647. The van der Waals surface area contributed by atoms with Crippen molar-refractivity contribution < 1.29 is 14.0 Å². The van der Waals surface area contributed by atoms with Crippen molar-refractivity contribution in [3.63, 3.8) is 0 Å². The Hall–Kier alpha value is -3.33. The van der Waals surface area contributed by atoms with E-state index in [0.717, 1.165) is 18.4 Å². The van der Waals surface area contributed by atoms with Gasteiger partial charge in [0.15, 0.2) is 0 Å². The van der Waals surface area contributed by atoms with Gasteiger partial charge in [-0.3, -0.25) is 4.79 Å². The number of urea groups is 1. The molecule has 2 aromatic carbocycles. The van der Waals surface area contributed by atoms with Crippen molar-refractivity contribution in [2.75, 3.05) is 11.9 Å². The number of amides is 3. The first-order valence-electron chi connectivity index (χ1n) is 9.59. The zero-order chi connectivity index (χ0) is 20.9. The first-order valence-corrected chi connectivity index (χ1v) is 10.4. The van der Waals surface area contributed by atoms with Crippen molar-refractivity contribution in [2.24, 2.45) is 0 Å². The number of anilines is 1. The van der Waals surface area contributed by atoms with Crippen LogP contribution in [0.4, 0.5) is 14.9 Å². The molecule has 1 fully saturated rings. The lowest BCUT2D eigenvalue weighted by molar-refractivity contribution is 0.102. The lowest BCUT2D eigenvalue weighted by atomic mass is 10.2. The Labute approximate surface area is 176 Å². The van der Waals surface area contributed by atoms with Crippen LogP contribution in [0.3, 0.4) is 0 Å². The monoisotopic (exact) mass is 425 g/mol. The minimum Gasteiger partial charge on any atom is -0.334 e. The topological polar surface area (TPSA) is 87.2 Å². The van der Waals surface area contributed by atoms with Crippen LogP contribution in [0.25, 0.3) is 0 Å². The van der Waals surface area contributed by atoms with E-state index >= 15 is 0 Å². The molecule has 3 amide bonds. The van der Waals surface area contributed by atoms with Crippen molar-refractivity contribution in [3.8, 4) is 0 Å². The molecule has 154 valence electrons. The molecule has 0 radical (unpaired) electrons. The average molecular weight is 425 g/mol. The van der Waals surface area contributed by atoms with Gasteiger partial charge in [-0.25, -0.2) is 9.18 Å². The highest BCUT2D eigenvalue weighted by atomic mass is 32.1. The normalized spacial score (nSPS) is 15.8. The largest absolute Gasteiger partial charge is 0.334 e. The summed E-state index contributed by atoms with van der Waals surface area (Å²) in [6, 6.07) is 14.8. The SMILES string of the molecule is O=C(Nc1ccc(F)cc1)c1nnc([C@@H]2CCCN2C(=O)NCc2ccccc2)s1. The number of aromatic nitrogens is 2. The predicted molar refractivity (Wildman–Crippen MR) is 112 cm³/mol. The standard InChI is InChI=1S/C21H20FN5O2S/c22-15-8-10-16(11-9-15)24-18(28)20-26-25-19(30-20)17-7-4-12-27(17)21(29)23-13-14-5-2-1-3-6-14/h1-3,5-6,8-11,17H,4,7,12-13H2,(H,23,29)(H,24,28)/t17-/m0/s1. The fourth-order valence-electron chi connectivity index (χ4n) is 3.32. The zero-order valence-corrected chi connectivity index (χ0v) is 16.9. The third-order valence-corrected chi connectivity index (χ3v) is 5.85. The molecule has 7 nitrogen and oxygen atoms in total. The summed E-state index contributed by atoms with van der Waals surface area (Å²) in [7, 11) is 0. The molecule has 1 aliphatic rings. The van der Waals surface area contributed by atoms with E-state index in [1.54, 1.807) is 4.90 Å². The Morgan fingerprint density at radius 1 is 1.10 bits per heavy atom. The maximum absolute atomic E-state index is 13.0. The van der Waals surface area contributed by atoms with E-state index in [0.29, 0.717) is 23.8 Å². The molecular weight excluding hydrogens is 405 g/mol. The van der Waals surface area contributed by atoms with Crippen LogP contribution < -0.4 is 10.6 Å². The molecule has 1 aromatic heterocycles. The summed E-state index contributed by atoms with van der Waals surface area (Å²) >= 11 is 1.17. The van der Waals surface area contributed by atoms with E-state index in [-0.39, 0.29) is 22.9 Å². The lowest BCUT2D eigenvalue weighted by Crippen LogP contribution is -2.39. The fraction of sp³-hybridized carbons (Fsp3) is 0.238. The second-order valence-corrected chi connectivity index (χ2v) is 7.91. The summed E-state index contributed by atoms with van der Waals surface area (Å²) in [5.41, 5.74) is 1.50. The van der Waals surface area contributed by atoms with Gasteiger partial charge in [0.25, 0.3) is 5.91 Å². The van der Waals surface area contributed by atoms with E-state index in [4.69, 9.17) is 0 Å². The van der Waals surface area contributed by atoms with Crippen LogP contribution in [0.1, 0.15) is 39.3 Å². The summed E-state index contributed by atoms with van der Waals surface area (Å²) in [5.74, 6) is -0.790. The third-order valence-electron chi connectivity index (χ3n) is 4.82. The third kappa shape index (κ3) is 4.62. The molecule has 9 heteroatoms. The fourth-order valence-corrected chi connectivity index (χ4v) is 4.21. The predicted octanol–water partition coefficient (Wildman–Crippen LogP) is 3.98. The van der Waals surface area contributed by atoms with Crippen LogP contribution in [0, 0.1) is 5.82 Å². The maximum atomic E-state index is 13.0. The molecular formula is C21H20FN5O2S. The molecule has 2 N–H and O–H groups in total. The highest BCUT2D eigenvalue weighted by Gasteiger charge is 2.33. The molecule has 0 bridgehead atoms. The smallest absolute Gasteiger partial charge is 0.318 e. The Bertz CT molecular complexity index is 1030. The number of carbonyl (C=O) groups is 2. The summed E-state index contributed by atoms with van der Waals surface area (Å²) in [4.78, 5) is 26.8. The van der Waals surface area contributed by atoms with Gasteiger partial charge in [0.1, 0.15) is 10.8 Å². The first kappa shape index (κ1) is 20.0. The van der Waals surface area contributed by atoms with Gasteiger partial charge in [0.05, 0.1) is 6.04 Å². The number of hydrogen-bond acceptors (Lipinski definition) is 5. The van der Waals surface area contributed by atoms with Gasteiger partial charge in [-0.05, 0) is 42.7 Å². The molecule has 0 spiro atoms. The van der Waals surface area contributed by atoms with Crippen LogP contribution >= 0.6 is 11.3 Å². The molecule has 1 atom stereocenters. The Morgan fingerprint density at radius 2 is 1.87 bits per heavy atom. The van der Waals surface area contributed by atoms with Crippen molar-refractivity contribution in [3.05, 3.63) is 76.0 Å². The Kier molecular flexibility index (Phi) is 5.99. The number of carbonyl (C=O) groups excluding carboxylic acids is 2. The van der Waals surface area contributed by atoms with Crippen molar-refractivity contribution in [2.45, 2.75) is 25.4 Å². The second-order valence-electron chi connectivity index (χ2n) is 6.90. The summed E-state index contributed by atoms with van der Waals surface area (Å²) in [5, 5.41) is 14.6. The molecule has 1 saturated heterocycles. The van der Waals surface area contributed by atoms with Crippen LogP contribution in [-0.4, -0.2) is 33.6 Å². The van der Waals surface area contributed by atoms with E-state index in [1.807, 2.05) is 30.3 Å². The number of nitrogens with one attached hydrogen (secondary N) is 2. The molecule has 0 aliphatic carbocycles. The van der Waals surface area contributed by atoms with Gasteiger partial charge in [0, 0.05) is 18.8 Å².